The number of rotatable bonds is 5. The average Bonchev–Trinajstić information content (AvgIpc) is 2.86. The molecule has 2 nitrogen and oxygen atoms in total. The molecule has 0 amide bonds. The molecule has 0 aliphatic heterocycles. The molecule has 1 atom stereocenters. The van der Waals surface area contributed by atoms with Crippen molar-refractivity contribution in [1.29, 1.82) is 0 Å². The van der Waals surface area contributed by atoms with Gasteiger partial charge < -0.3 is 5.32 Å². The second kappa shape index (κ2) is 6.12. The molecule has 2 heterocycles. The topological polar surface area (TPSA) is 24.9 Å². The van der Waals surface area contributed by atoms with Crippen molar-refractivity contribution in [2.45, 2.75) is 39.8 Å². The van der Waals surface area contributed by atoms with E-state index in [1.54, 1.807) is 0 Å². The molecule has 0 bridgehead atoms. The molecular formula is C15H20N2S. The third-order valence-electron chi connectivity index (χ3n) is 3.04. The predicted molar refractivity (Wildman–Crippen MR) is 77.9 cm³/mol. The Kier molecular flexibility index (Phi) is 4.50. The molecule has 18 heavy (non-hydrogen) atoms. The highest BCUT2D eigenvalue weighted by Crippen LogP contribution is 2.23. The number of thiophene rings is 1. The fraction of sp³-hybridized carbons (Fsp3) is 0.400. The van der Waals surface area contributed by atoms with Crippen LogP contribution in [-0.2, 0) is 13.0 Å². The Hall–Kier alpha value is -1.19. The predicted octanol–water partition coefficient (Wildman–Crippen LogP) is 3.86. The van der Waals surface area contributed by atoms with E-state index >= 15 is 0 Å². The van der Waals surface area contributed by atoms with Crippen molar-refractivity contribution in [3.8, 4) is 0 Å². The molecule has 1 unspecified atom stereocenters. The van der Waals surface area contributed by atoms with Crippen LogP contribution in [0.15, 0.2) is 30.5 Å². The summed E-state index contributed by atoms with van der Waals surface area (Å²) in [6, 6.07) is 9.05. The molecule has 0 radical (unpaired) electrons. The first-order valence-electron chi connectivity index (χ1n) is 6.42. The highest BCUT2D eigenvalue weighted by molar-refractivity contribution is 7.12. The summed E-state index contributed by atoms with van der Waals surface area (Å²) in [6.07, 6.45) is 3.07. The van der Waals surface area contributed by atoms with E-state index in [4.69, 9.17) is 0 Å². The summed E-state index contributed by atoms with van der Waals surface area (Å²) in [7, 11) is 0. The first-order chi connectivity index (χ1) is 8.69. The van der Waals surface area contributed by atoms with Crippen LogP contribution in [0.4, 0.5) is 0 Å². The van der Waals surface area contributed by atoms with Crippen molar-refractivity contribution >= 4 is 11.3 Å². The Morgan fingerprint density at radius 2 is 2.11 bits per heavy atom. The molecule has 0 aromatic carbocycles. The minimum atomic E-state index is 0.400. The maximum Gasteiger partial charge on any atom is 0.0388 e. The maximum atomic E-state index is 4.31. The van der Waals surface area contributed by atoms with Crippen LogP contribution >= 0.6 is 11.3 Å². The van der Waals surface area contributed by atoms with E-state index in [-0.39, 0.29) is 0 Å². The average molecular weight is 260 g/mol. The Labute approximate surface area is 113 Å². The van der Waals surface area contributed by atoms with Gasteiger partial charge in [-0.3, -0.25) is 4.98 Å². The minimum Gasteiger partial charge on any atom is -0.305 e. The molecule has 0 fully saturated rings. The van der Waals surface area contributed by atoms with Crippen molar-refractivity contribution < 1.29 is 0 Å². The van der Waals surface area contributed by atoms with Gasteiger partial charge in [0.25, 0.3) is 0 Å². The smallest absolute Gasteiger partial charge is 0.0388 e. The molecule has 0 saturated carbocycles. The van der Waals surface area contributed by atoms with Gasteiger partial charge in [-0.15, -0.1) is 11.3 Å². The zero-order valence-corrected chi connectivity index (χ0v) is 12.1. The van der Waals surface area contributed by atoms with Crippen molar-refractivity contribution in [3.05, 3.63) is 51.5 Å². The number of aryl methyl sites for hydroxylation is 2. The third kappa shape index (κ3) is 3.40. The van der Waals surface area contributed by atoms with Crippen molar-refractivity contribution in [3.63, 3.8) is 0 Å². The van der Waals surface area contributed by atoms with Gasteiger partial charge in [0.15, 0.2) is 0 Å². The van der Waals surface area contributed by atoms with Gasteiger partial charge in [-0.2, -0.15) is 0 Å². The Morgan fingerprint density at radius 1 is 1.28 bits per heavy atom. The minimum absolute atomic E-state index is 0.400. The fourth-order valence-electron chi connectivity index (χ4n) is 1.79. The number of pyridine rings is 1. The van der Waals surface area contributed by atoms with Crippen LogP contribution in [0.1, 0.15) is 40.9 Å². The molecule has 2 aromatic rings. The van der Waals surface area contributed by atoms with Crippen molar-refractivity contribution in [2.24, 2.45) is 0 Å². The monoisotopic (exact) mass is 260 g/mol. The van der Waals surface area contributed by atoms with Gasteiger partial charge in [0.1, 0.15) is 0 Å². The lowest BCUT2D eigenvalue weighted by molar-refractivity contribution is 0.582. The first-order valence-corrected chi connectivity index (χ1v) is 7.24. The molecular weight excluding hydrogens is 240 g/mol. The summed E-state index contributed by atoms with van der Waals surface area (Å²) in [5.74, 6) is 0. The van der Waals surface area contributed by atoms with Gasteiger partial charge in [-0.1, -0.05) is 13.0 Å². The summed E-state index contributed by atoms with van der Waals surface area (Å²) in [5.41, 5.74) is 2.30. The van der Waals surface area contributed by atoms with Crippen LogP contribution < -0.4 is 5.32 Å². The van der Waals surface area contributed by atoms with E-state index in [2.05, 4.69) is 48.4 Å². The normalized spacial score (nSPS) is 12.6. The second-order valence-corrected chi connectivity index (χ2v) is 5.77. The van der Waals surface area contributed by atoms with Gasteiger partial charge >= 0.3 is 0 Å². The molecule has 96 valence electrons. The van der Waals surface area contributed by atoms with Crippen LogP contribution in [0, 0.1) is 6.92 Å². The lowest BCUT2D eigenvalue weighted by Gasteiger charge is -2.12. The van der Waals surface area contributed by atoms with Crippen LogP contribution in [-0.4, -0.2) is 4.98 Å². The van der Waals surface area contributed by atoms with E-state index in [1.165, 1.54) is 15.3 Å². The highest BCUT2D eigenvalue weighted by Gasteiger charge is 2.07. The highest BCUT2D eigenvalue weighted by atomic mass is 32.1. The third-order valence-corrected chi connectivity index (χ3v) is 4.45. The molecule has 0 aliphatic carbocycles. The second-order valence-electron chi connectivity index (χ2n) is 4.57. The van der Waals surface area contributed by atoms with Gasteiger partial charge in [-0.25, -0.2) is 0 Å². The molecule has 1 N–H and O–H groups in total. The fourth-order valence-corrected chi connectivity index (χ4v) is 2.77. The SMILES string of the molecule is CCc1ccc(C(C)NCc2ccc(C)nc2)s1. The van der Waals surface area contributed by atoms with Crippen molar-refractivity contribution in [1.82, 2.24) is 10.3 Å². The summed E-state index contributed by atoms with van der Waals surface area (Å²) in [4.78, 5) is 7.17. The maximum absolute atomic E-state index is 4.31. The molecule has 0 spiro atoms. The number of nitrogens with zero attached hydrogens (tertiary/aromatic N) is 1. The zero-order valence-electron chi connectivity index (χ0n) is 11.2. The number of aromatic nitrogens is 1. The number of hydrogen-bond acceptors (Lipinski definition) is 3. The van der Waals surface area contributed by atoms with E-state index in [9.17, 15) is 0 Å². The molecule has 0 saturated heterocycles. The van der Waals surface area contributed by atoms with E-state index < -0.39 is 0 Å². The quantitative estimate of drug-likeness (QED) is 0.883. The van der Waals surface area contributed by atoms with Crippen LogP contribution in [0.2, 0.25) is 0 Å². The molecule has 3 heteroatoms. The van der Waals surface area contributed by atoms with Gasteiger partial charge in [0.05, 0.1) is 0 Å². The lowest BCUT2D eigenvalue weighted by Crippen LogP contribution is -2.17. The zero-order chi connectivity index (χ0) is 13.0. The summed E-state index contributed by atoms with van der Waals surface area (Å²) in [6.45, 7) is 7.30. The standard InChI is InChI=1S/C15H20N2S/c1-4-14-7-8-15(18-14)12(3)17-10-13-6-5-11(2)16-9-13/h5-9,12,17H,4,10H2,1-3H3. The van der Waals surface area contributed by atoms with Crippen molar-refractivity contribution in [2.75, 3.05) is 0 Å². The largest absolute Gasteiger partial charge is 0.305 e. The Bertz CT molecular complexity index is 487. The van der Waals surface area contributed by atoms with E-state index in [0.29, 0.717) is 6.04 Å². The molecule has 0 aliphatic rings. The summed E-state index contributed by atoms with van der Waals surface area (Å²) in [5, 5.41) is 3.54. The Balaban J connectivity index is 1.91. The number of nitrogens with one attached hydrogen (secondary N) is 1. The molecule has 2 aromatic heterocycles. The lowest BCUT2D eigenvalue weighted by atomic mass is 10.2. The number of hydrogen-bond donors (Lipinski definition) is 1. The Morgan fingerprint density at radius 3 is 2.72 bits per heavy atom. The molecule has 2 rings (SSSR count). The first kappa shape index (κ1) is 13.2. The van der Waals surface area contributed by atoms with Crippen LogP contribution in [0.5, 0.6) is 0 Å². The van der Waals surface area contributed by atoms with E-state index in [1.807, 2.05) is 24.5 Å². The van der Waals surface area contributed by atoms with Crippen LogP contribution in [0.3, 0.4) is 0 Å². The summed E-state index contributed by atoms with van der Waals surface area (Å²) < 4.78 is 0. The van der Waals surface area contributed by atoms with Gasteiger partial charge in [0.2, 0.25) is 0 Å². The van der Waals surface area contributed by atoms with Gasteiger partial charge in [0, 0.05) is 34.2 Å². The van der Waals surface area contributed by atoms with Gasteiger partial charge in [-0.05, 0) is 44.0 Å². The van der Waals surface area contributed by atoms with E-state index in [0.717, 1.165) is 18.7 Å². The summed E-state index contributed by atoms with van der Waals surface area (Å²) >= 11 is 1.90. The van der Waals surface area contributed by atoms with Crippen LogP contribution in [0.25, 0.3) is 0 Å².